The number of nitrogens with two attached hydrogens (primary N) is 1. The Hall–Kier alpha value is -2.53. The smallest absolute Gasteiger partial charge is 0.123 e. The molecular formula is C22H26FN3O. The molecule has 1 aliphatic carbocycles. The number of benzene rings is 1. The predicted octanol–water partition coefficient (Wildman–Crippen LogP) is 4.20. The van der Waals surface area contributed by atoms with E-state index in [0.717, 1.165) is 40.6 Å². The van der Waals surface area contributed by atoms with Crippen LogP contribution in [-0.4, -0.2) is 22.8 Å². The highest BCUT2D eigenvalue weighted by Gasteiger charge is 2.20. The molecule has 0 amide bonds. The van der Waals surface area contributed by atoms with E-state index in [0.29, 0.717) is 12.0 Å². The molecule has 1 fully saturated rings. The maximum atomic E-state index is 13.7. The SMILES string of the molecule is CC(N)=C(C=NCC1CC1)Cc1cccnc1-c1ccc(F)cc1[C@@H](C)O. The van der Waals surface area contributed by atoms with Crippen LogP contribution in [0.5, 0.6) is 0 Å². The minimum Gasteiger partial charge on any atom is -0.402 e. The molecule has 1 atom stereocenters. The summed E-state index contributed by atoms with van der Waals surface area (Å²) in [7, 11) is 0. The van der Waals surface area contributed by atoms with Gasteiger partial charge in [0.1, 0.15) is 5.82 Å². The summed E-state index contributed by atoms with van der Waals surface area (Å²) in [6.07, 6.45) is 5.88. The fourth-order valence-corrected chi connectivity index (χ4v) is 3.02. The number of aromatic nitrogens is 1. The van der Waals surface area contributed by atoms with Crippen LogP contribution in [-0.2, 0) is 6.42 Å². The highest BCUT2D eigenvalue weighted by molar-refractivity contribution is 5.81. The molecule has 0 unspecified atom stereocenters. The van der Waals surface area contributed by atoms with Gasteiger partial charge in [-0.15, -0.1) is 0 Å². The Bertz CT molecular complexity index is 866. The third-order valence-corrected chi connectivity index (χ3v) is 4.81. The van der Waals surface area contributed by atoms with Gasteiger partial charge >= 0.3 is 0 Å². The summed E-state index contributed by atoms with van der Waals surface area (Å²) in [4.78, 5) is 9.05. The molecule has 0 radical (unpaired) electrons. The topological polar surface area (TPSA) is 71.5 Å². The van der Waals surface area contributed by atoms with Gasteiger partial charge in [0, 0.05) is 36.6 Å². The third-order valence-electron chi connectivity index (χ3n) is 4.81. The molecule has 1 saturated carbocycles. The van der Waals surface area contributed by atoms with E-state index < -0.39 is 6.10 Å². The van der Waals surface area contributed by atoms with E-state index in [9.17, 15) is 9.50 Å². The van der Waals surface area contributed by atoms with Crippen molar-refractivity contribution in [3.05, 3.63) is 64.7 Å². The van der Waals surface area contributed by atoms with Gasteiger partial charge < -0.3 is 10.8 Å². The van der Waals surface area contributed by atoms with Crippen molar-refractivity contribution in [2.24, 2.45) is 16.6 Å². The lowest BCUT2D eigenvalue weighted by molar-refractivity contribution is 0.199. The second-order valence-electron chi connectivity index (χ2n) is 7.24. The van der Waals surface area contributed by atoms with Gasteiger partial charge in [-0.3, -0.25) is 9.98 Å². The lowest BCUT2D eigenvalue weighted by Gasteiger charge is -2.15. The van der Waals surface area contributed by atoms with Crippen LogP contribution in [0.2, 0.25) is 0 Å². The molecule has 0 bridgehead atoms. The highest BCUT2D eigenvalue weighted by atomic mass is 19.1. The lowest BCUT2D eigenvalue weighted by atomic mass is 9.94. The first kappa shape index (κ1) is 19.2. The largest absolute Gasteiger partial charge is 0.402 e. The van der Waals surface area contributed by atoms with E-state index in [1.54, 1.807) is 19.2 Å². The Morgan fingerprint density at radius 1 is 1.41 bits per heavy atom. The van der Waals surface area contributed by atoms with Crippen LogP contribution < -0.4 is 5.73 Å². The Labute approximate surface area is 159 Å². The molecule has 142 valence electrons. The first-order valence-electron chi connectivity index (χ1n) is 9.32. The standard InChI is InChI=1S/C22H26FN3O/c1-14(24)18(13-25-12-16-5-6-16)10-17-4-3-9-26-22(17)20-8-7-19(23)11-21(20)15(2)27/h3-4,7-9,11,13,15-16,27H,5-6,10,12,24H2,1-2H3/t15-/m1/s1. The molecule has 5 heteroatoms. The number of pyridine rings is 1. The third kappa shape index (κ3) is 5.01. The first-order valence-corrected chi connectivity index (χ1v) is 9.32. The Morgan fingerprint density at radius 3 is 2.85 bits per heavy atom. The minimum atomic E-state index is -0.795. The van der Waals surface area contributed by atoms with Crippen molar-refractivity contribution >= 4 is 6.21 Å². The number of hydrogen-bond donors (Lipinski definition) is 2. The summed E-state index contributed by atoms with van der Waals surface area (Å²) in [6.45, 7) is 4.34. The van der Waals surface area contributed by atoms with E-state index in [1.165, 1.54) is 25.0 Å². The van der Waals surface area contributed by atoms with Gasteiger partial charge in [0.15, 0.2) is 0 Å². The Balaban J connectivity index is 1.94. The number of allylic oxidation sites excluding steroid dienone is 2. The lowest BCUT2D eigenvalue weighted by Crippen LogP contribution is -2.06. The maximum Gasteiger partial charge on any atom is 0.123 e. The zero-order valence-corrected chi connectivity index (χ0v) is 15.8. The number of aliphatic imine (C=N–C) groups is 1. The minimum absolute atomic E-state index is 0.377. The van der Waals surface area contributed by atoms with Crippen LogP contribution in [0.15, 0.2) is 52.8 Å². The van der Waals surface area contributed by atoms with E-state index in [-0.39, 0.29) is 5.82 Å². The van der Waals surface area contributed by atoms with Crippen LogP contribution in [0.25, 0.3) is 11.3 Å². The highest BCUT2D eigenvalue weighted by Crippen LogP contribution is 2.31. The van der Waals surface area contributed by atoms with Gasteiger partial charge in [0.25, 0.3) is 0 Å². The number of halogens is 1. The van der Waals surface area contributed by atoms with Gasteiger partial charge in [-0.05, 0) is 73.6 Å². The Kier molecular flexibility index (Phi) is 6.01. The van der Waals surface area contributed by atoms with Crippen molar-refractivity contribution in [1.82, 2.24) is 4.98 Å². The number of aliphatic hydroxyl groups is 1. The summed E-state index contributed by atoms with van der Waals surface area (Å²) in [5.41, 5.74) is 10.7. The molecule has 1 aromatic carbocycles. The molecule has 3 rings (SSSR count). The Morgan fingerprint density at radius 2 is 2.19 bits per heavy atom. The number of hydrogen-bond acceptors (Lipinski definition) is 4. The molecule has 0 spiro atoms. The van der Waals surface area contributed by atoms with E-state index >= 15 is 0 Å². The van der Waals surface area contributed by atoms with E-state index in [1.807, 2.05) is 25.3 Å². The van der Waals surface area contributed by atoms with Gasteiger partial charge in [0.2, 0.25) is 0 Å². The quantitative estimate of drug-likeness (QED) is 0.721. The summed E-state index contributed by atoms with van der Waals surface area (Å²) >= 11 is 0. The molecule has 4 nitrogen and oxygen atoms in total. The predicted molar refractivity (Wildman–Crippen MR) is 107 cm³/mol. The summed E-state index contributed by atoms with van der Waals surface area (Å²) in [5.74, 6) is 0.347. The van der Waals surface area contributed by atoms with Crippen LogP contribution in [0.3, 0.4) is 0 Å². The normalized spacial score (nSPS) is 16.4. The monoisotopic (exact) mass is 367 g/mol. The zero-order valence-electron chi connectivity index (χ0n) is 15.8. The van der Waals surface area contributed by atoms with E-state index in [2.05, 4.69) is 9.98 Å². The fourth-order valence-electron chi connectivity index (χ4n) is 3.02. The van der Waals surface area contributed by atoms with Crippen LogP contribution in [0, 0.1) is 11.7 Å². The maximum absolute atomic E-state index is 13.7. The second kappa shape index (κ2) is 8.44. The first-order chi connectivity index (χ1) is 13.0. The van der Waals surface area contributed by atoms with Crippen molar-refractivity contribution < 1.29 is 9.50 Å². The zero-order chi connectivity index (χ0) is 19.4. The van der Waals surface area contributed by atoms with Crippen molar-refractivity contribution in [3.8, 4) is 11.3 Å². The average Bonchev–Trinajstić information content (AvgIpc) is 3.45. The van der Waals surface area contributed by atoms with Crippen LogP contribution in [0.1, 0.15) is 43.9 Å². The molecular weight excluding hydrogens is 341 g/mol. The number of aliphatic hydroxyl groups excluding tert-OH is 1. The van der Waals surface area contributed by atoms with Gasteiger partial charge in [-0.25, -0.2) is 4.39 Å². The molecule has 2 aromatic rings. The van der Waals surface area contributed by atoms with Crippen LogP contribution in [0.4, 0.5) is 4.39 Å². The van der Waals surface area contributed by atoms with Crippen LogP contribution >= 0.6 is 0 Å². The van der Waals surface area contributed by atoms with Crippen molar-refractivity contribution in [3.63, 3.8) is 0 Å². The molecule has 3 N–H and O–H groups in total. The summed E-state index contributed by atoms with van der Waals surface area (Å²) < 4.78 is 13.7. The molecule has 0 saturated heterocycles. The molecule has 1 aromatic heterocycles. The number of nitrogens with zero attached hydrogens (tertiary/aromatic N) is 2. The fraction of sp³-hybridized carbons (Fsp3) is 0.364. The van der Waals surface area contributed by atoms with E-state index in [4.69, 9.17) is 5.73 Å². The van der Waals surface area contributed by atoms with Crippen molar-refractivity contribution in [2.45, 2.75) is 39.2 Å². The average molecular weight is 367 g/mol. The van der Waals surface area contributed by atoms with Crippen molar-refractivity contribution in [1.29, 1.82) is 0 Å². The molecule has 1 aliphatic rings. The van der Waals surface area contributed by atoms with Gasteiger partial charge in [0.05, 0.1) is 11.8 Å². The van der Waals surface area contributed by atoms with Crippen molar-refractivity contribution in [2.75, 3.05) is 6.54 Å². The van der Waals surface area contributed by atoms with Gasteiger partial charge in [-0.1, -0.05) is 6.07 Å². The molecule has 27 heavy (non-hydrogen) atoms. The summed E-state index contributed by atoms with van der Waals surface area (Å²) in [6, 6.07) is 8.27. The van der Waals surface area contributed by atoms with Gasteiger partial charge in [-0.2, -0.15) is 0 Å². The summed E-state index contributed by atoms with van der Waals surface area (Å²) in [5, 5.41) is 10.1. The molecule has 1 heterocycles. The molecule has 0 aliphatic heterocycles. The second-order valence-corrected chi connectivity index (χ2v) is 7.24. The number of rotatable bonds is 7.